The lowest BCUT2D eigenvalue weighted by Crippen LogP contribution is -2.44. The largest absolute Gasteiger partial charge is 0.505 e. The molecule has 1 amide bonds. The van der Waals surface area contributed by atoms with E-state index in [1.807, 2.05) is 12.3 Å². The van der Waals surface area contributed by atoms with Crippen LogP contribution in [0.1, 0.15) is 34.1 Å². The number of hydrogen-bond acceptors (Lipinski definition) is 8. The first-order valence-corrected chi connectivity index (χ1v) is 15.2. The van der Waals surface area contributed by atoms with E-state index in [1.165, 1.54) is 46.7 Å². The highest BCUT2D eigenvalue weighted by Gasteiger charge is 2.35. The Morgan fingerprint density at radius 2 is 2.02 bits per heavy atom. The van der Waals surface area contributed by atoms with Gasteiger partial charge in [0, 0.05) is 31.0 Å². The van der Waals surface area contributed by atoms with Crippen molar-refractivity contribution in [3.63, 3.8) is 0 Å². The molecule has 6 rings (SSSR count). The maximum absolute atomic E-state index is 14.7. The monoisotopic (exact) mass is 612 g/mol. The van der Waals surface area contributed by atoms with Crippen molar-refractivity contribution in [3.05, 3.63) is 83.2 Å². The van der Waals surface area contributed by atoms with Crippen LogP contribution in [0.2, 0.25) is 0 Å². The van der Waals surface area contributed by atoms with Gasteiger partial charge in [-0.1, -0.05) is 6.07 Å². The molecule has 0 radical (unpaired) electrons. The molecular weight excluding hydrogens is 581 g/mol. The summed E-state index contributed by atoms with van der Waals surface area (Å²) in [5.74, 6) is -1.41. The summed E-state index contributed by atoms with van der Waals surface area (Å²) in [6.45, 7) is 2.35. The molecule has 2 aliphatic rings. The van der Waals surface area contributed by atoms with E-state index in [0.717, 1.165) is 10.5 Å². The number of phenols is 1. The van der Waals surface area contributed by atoms with Gasteiger partial charge in [-0.15, -0.1) is 16.9 Å². The van der Waals surface area contributed by atoms with Crippen molar-refractivity contribution < 1.29 is 27.8 Å². The van der Waals surface area contributed by atoms with Gasteiger partial charge in [0.25, 0.3) is 5.91 Å². The Bertz CT molecular complexity index is 1640. The number of carbonyl (C=O) groups excluding carboxylic acids is 1. The van der Waals surface area contributed by atoms with E-state index >= 15 is 0 Å². The van der Waals surface area contributed by atoms with Crippen molar-refractivity contribution in [2.75, 3.05) is 44.0 Å². The van der Waals surface area contributed by atoms with Crippen LogP contribution in [0.25, 0.3) is 5.65 Å². The lowest BCUT2D eigenvalue weighted by molar-refractivity contribution is 0.0876. The first-order chi connectivity index (χ1) is 20.8. The summed E-state index contributed by atoms with van der Waals surface area (Å²) in [4.78, 5) is 22.4. The number of alkyl halides is 1. The molecule has 4 heterocycles. The van der Waals surface area contributed by atoms with Crippen LogP contribution >= 0.6 is 11.8 Å². The van der Waals surface area contributed by atoms with Gasteiger partial charge in [-0.3, -0.25) is 9.69 Å². The third-order valence-corrected chi connectivity index (χ3v) is 8.45. The molecule has 2 aliphatic heterocycles. The normalized spacial score (nSPS) is 21.3. The molecule has 0 bridgehead atoms. The zero-order valence-corrected chi connectivity index (χ0v) is 24.2. The third kappa shape index (κ3) is 6.43. The zero-order valence-electron chi connectivity index (χ0n) is 23.4. The topological polar surface area (TPSA) is 95.2 Å². The van der Waals surface area contributed by atoms with Gasteiger partial charge >= 0.3 is 0 Å². The van der Waals surface area contributed by atoms with E-state index in [2.05, 4.69) is 20.3 Å². The highest BCUT2D eigenvalue weighted by molar-refractivity contribution is 7.98. The molecule has 3 atom stereocenters. The number of hydrogen-bond donors (Lipinski definition) is 2. The number of nitrogens with one attached hydrogen (secondary N) is 1. The molecule has 2 N–H and O–H groups in total. The van der Waals surface area contributed by atoms with Crippen molar-refractivity contribution in [3.8, 4) is 5.75 Å². The number of thioether (sulfide) groups is 1. The number of halogens is 3. The van der Waals surface area contributed by atoms with Crippen LogP contribution in [-0.2, 0) is 11.3 Å². The number of imidazole rings is 1. The number of benzene rings is 2. The van der Waals surface area contributed by atoms with Gasteiger partial charge in [0.2, 0.25) is 0 Å². The highest BCUT2D eigenvalue weighted by Crippen LogP contribution is 2.38. The minimum Gasteiger partial charge on any atom is -0.505 e. The van der Waals surface area contributed by atoms with E-state index < -0.39 is 29.7 Å². The molecule has 2 aromatic carbocycles. The maximum atomic E-state index is 14.7. The van der Waals surface area contributed by atoms with Gasteiger partial charge in [0.05, 0.1) is 38.0 Å². The molecule has 0 saturated carbocycles. The molecule has 4 aromatic rings. The summed E-state index contributed by atoms with van der Waals surface area (Å²) in [6, 6.07) is 11.7. The summed E-state index contributed by atoms with van der Waals surface area (Å²) in [5.41, 5.74) is 2.07. The average Bonchev–Trinajstić information content (AvgIpc) is 3.52. The molecule has 13 heteroatoms. The molecule has 2 aromatic heterocycles. The van der Waals surface area contributed by atoms with Gasteiger partial charge in [-0.05, 0) is 59.8 Å². The molecule has 0 spiro atoms. The first-order valence-electron chi connectivity index (χ1n) is 14.0. The van der Waals surface area contributed by atoms with Gasteiger partial charge in [0.1, 0.15) is 17.8 Å². The summed E-state index contributed by atoms with van der Waals surface area (Å²) < 4.78 is 49.7. The molecule has 3 unspecified atom stereocenters. The fraction of sp³-hybridized carbons (Fsp3) is 0.367. The predicted molar refractivity (Wildman–Crippen MR) is 156 cm³/mol. The van der Waals surface area contributed by atoms with Gasteiger partial charge in [-0.25, -0.2) is 22.7 Å². The maximum Gasteiger partial charge on any atom is 0.271 e. The molecule has 0 aliphatic carbocycles. The highest BCUT2D eigenvalue weighted by atomic mass is 32.2. The number of nitrogens with zero attached hydrogens (tertiary/aromatic N) is 5. The fourth-order valence-electron chi connectivity index (χ4n) is 5.70. The van der Waals surface area contributed by atoms with Gasteiger partial charge in [-0.2, -0.15) is 0 Å². The second-order valence-electron chi connectivity index (χ2n) is 10.8. The fourth-order valence-corrected chi connectivity index (χ4v) is 6.18. The summed E-state index contributed by atoms with van der Waals surface area (Å²) in [5, 5.41) is 17.4. The number of aromatic nitrogens is 3. The van der Waals surface area contributed by atoms with Crippen molar-refractivity contribution in [1.29, 1.82) is 0 Å². The molecule has 9 nitrogen and oxygen atoms in total. The molecule has 2 saturated heterocycles. The Labute approximate surface area is 250 Å². The standard InChI is InChI=1S/C30H31F3N6O3S/c1-43-23-10-19(9-20(31)11-23)25-12-21(32)15-38(25)29-5-4-28-34-13-26(39(28)36-29)30(41)35-22-16-37(6-7-42-17-22)14-18-2-3-24(33)27(40)8-18/h2-5,8-11,13,21-22,25,40H,6-7,12,14-17H2,1H3,(H,35,41). The van der Waals surface area contributed by atoms with Crippen molar-refractivity contribution in [2.45, 2.75) is 36.1 Å². The Kier molecular flexibility index (Phi) is 8.46. The van der Waals surface area contributed by atoms with Gasteiger partial charge < -0.3 is 20.1 Å². The number of fused-ring (bicyclic) bond motifs is 1. The minimum absolute atomic E-state index is 0.0889. The Balaban J connectivity index is 1.20. The summed E-state index contributed by atoms with van der Waals surface area (Å²) in [7, 11) is 0. The SMILES string of the molecule is CSc1cc(F)cc(C2CC(F)CN2c2ccc3ncc(C(=O)NC4COCCN(Cc5ccc(F)c(O)c5)C4)n3n2)c1. The Morgan fingerprint density at radius 3 is 2.84 bits per heavy atom. The summed E-state index contributed by atoms with van der Waals surface area (Å²) >= 11 is 1.42. The Morgan fingerprint density at radius 1 is 1.16 bits per heavy atom. The van der Waals surface area contributed by atoms with Crippen molar-refractivity contribution in [1.82, 2.24) is 24.8 Å². The van der Waals surface area contributed by atoms with E-state index in [9.17, 15) is 23.1 Å². The lowest BCUT2D eigenvalue weighted by Gasteiger charge is -2.26. The molecular formula is C30H31F3N6O3S. The quantitative estimate of drug-likeness (QED) is 0.298. The van der Waals surface area contributed by atoms with E-state index in [0.29, 0.717) is 49.9 Å². The number of rotatable bonds is 7. The second-order valence-corrected chi connectivity index (χ2v) is 11.7. The number of amides is 1. The molecule has 226 valence electrons. The number of anilines is 1. The second kappa shape index (κ2) is 12.4. The van der Waals surface area contributed by atoms with Crippen LogP contribution in [0.3, 0.4) is 0 Å². The van der Waals surface area contributed by atoms with Crippen LogP contribution < -0.4 is 10.2 Å². The number of aromatic hydroxyl groups is 1. The van der Waals surface area contributed by atoms with Crippen LogP contribution in [0.15, 0.2) is 59.6 Å². The number of phenolic OH excluding ortho intramolecular Hbond substituents is 1. The van der Waals surface area contributed by atoms with Crippen molar-refractivity contribution >= 4 is 29.1 Å². The molecule has 2 fully saturated rings. The van der Waals surface area contributed by atoms with E-state index in [-0.39, 0.29) is 30.5 Å². The molecule has 43 heavy (non-hydrogen) atoms. The van der Waals surface area contributed by atoms with Gasteiger partial charge in [0.15, 0.2) is 22.9 Å². The minimum atomic E-state index is -1.12. The predicted octanol–water partition coefficient (Wildman–Crippen LogP) is 4.36. The number of carbonyl (C=O) groups is 1. The van der Waals surface area contributed by atoms with E-state index in [1.54, 1.807) is 23.1 Å². The third-order valence-electron chi connectivity index (χ3n) is 7.74. The summed E-state index contributed by atoms with van der Waals surface area (Å²) in [6.07, 6.45) is 2.38. The first kappa shape index (κ1) is 29.3. The number of ether oxygens (including phenoxy) is 1. The Hall–Kier alpha value is -3.81. The zero-order chi connectivity index (χ0) is 30.1. The van der Waals surface area contributed by atoms with Crippen LogP contribution in [0.4, 0.5) is 19.0 Å². The van der Waals surface area contributed by atoms with E-state index in [4.69, 9.17) is 4.74 Å². The smallest absolute Gasteiger partial charge is 0.271 e. The average molecular weight is 613 g/mol. The van der Waals surface area contributed by atoms with Crippen LogP contribution in [-0.4, -0.2) is 81.8 Å². The lowest BCUT2D eigenvalue weighted by atomic mass is 10.0. The van der Waals surface area contributed by atoms with Crippen LogP contribution in [0.5, 0.6) is 5.75 Å². The van der Waals surface area contributed by atoms with Crippen molar-refractivity contribution in [2.24, 2.45) is 0 Å². The van der Waals surface area contributed by atoms with Crippen LogP contribution in [0, 0.1) is 11.6 Å².